The van der Waals surface area contributed by atoms with Gasteiger partial charge in [0.1, 0.15) is 5.75 Å². The first-order valence-corrected chi connectivity index (χ1v) is 8.02. The van der Waals surface area contributed by atoms with E-state index in [0.717, 1.165) is 37.1 Å². The molecule has 1 heterocycles. The molecule has 1 spiro atoms. The van der Waals surface area contributed by atoms with Crippen molar-refractivity contribution in [3.05, 3.63) is 30.2 Å². The lowest BCUT2D eigenvalue weighted by Crippen LogP contribution is -2.42. The Labute approximate surface area is 129 Å². The number of aromatic hydroxyl groups is 1. The fourth-order valence-electron chi connectivity index (χ4n) is 3.95. The third kappa shape index (κ3) is 2.39. The van der Waals surface area contributed by atoms with Gasteiger partial charge in [0.25, 0.3) is 0 Å². The molecule has 5 nitrogen and oxygen atoms in total. The predicted molar refractivity (Wildman–Crippen MR) is 82.3 cm³/mol. The zero-order chi connectivity index (χ0) is 15.2. The van der Waals surface area contributed by atoms with E-state index in [1.807, 2.05) is 0 Å². The Bertz CT molecular complexity index is 649. The molecule has 0 unspecified atom stereocenters. The lowest BCUT2D eigenvalue weighted by molar-refractivity contribution is 0.0335. The SMILES string of the molecule is NC1CCC2(CC1)CC(c1nc(-c3ccc(O)cc3)no1)C2. The number of hydrogen-bond donors (Lipinski definition) is 2. The topological polar surface area (TPSA) is 85.2 Å². The molecule has 1 aromatic carbocycles. The minimum Gasteiger partial charge on any atom is -0.508 e. The Morgan fingerprint density at radius 2 is 1.82 bits per heavy atom. The third-order valence-corrected chi connectivity index (χ3v) is 5.37. The van der Waals surface area contributed by atoms with E-state index in [1.165, 1.54) is 12.8 Å². The van der Waals surface area contributed by atoms with Gasteiger partial charge in [-0.15, -0.1) is 0 Å². The highest BCUT2D eigenvalue weighted by molar-refractivity contribution is 5.55. The smallest absolute Gasteiger partial charge is 0.230 e. The van der Waals surface area contributed by atoms with Gasteiger partial charge in [-0.1, -0.05) is 5.16 Å². The normalized spacial score (nSPS) is 31.1. The maximum atomic E-state index is 9.33. The number of aromatic nitrogens is 2. The average molecular weight is 299 g/mol. The van der Waals surface area contributed by atoms with Gasteiger partial charge in [-0.25, -0.2) is 0 Å². The van der Waals surface area contributed by atoms with Gasteiger partial charge in [-0.2, -0.15) is 4.98 Å². The number of hydrogen-bond acceptors (Lipinski definition) is 5. The molecule has 0 atom stereocenters. The summed E-state index contributed by atoms with van der Waals surface area (Å²) in [6.07, 6.45) is 7.08. The number of nitrogens with two attached hydrogens (primary N) is 1. The summed E-state index contributed by atoms with van der Waals surface area (Å²) in [5.74, 6) is 1.99. The molecule has 0 radical (unpaired) electrons. The molecule has 2 saturated carbocycles. The zero-order valence-electron chi connectivity index (χ0n) is 12.5. The van der Waals surface area contributed by atoms with Crippen LogP contribution in [0.4, 0.5) is 0 Å². The number of benzene rings is 1. The molecule has 2 fully saturated rings. The summed E-state index contributed by atoms with van der Waals surface area (Å²) < 4.78 is 5.46. The number of rotatable bonds is 2. The molecule has 3 N–H and O–H groups in total. The van der Waals surface area contributed by atoms with Crippen LogP contribution in [0.15, 0.2) is 28.8 Å². The highest BCUT2D eigenvalue weighted by atomic mass is 16.5. The fourth-order valence-corrected chi connectivity index (χ4v) is 3.95. The van der Waals surface area contributed by atoms with Crippen LogP contribution in [0.1, 0.15) is 50.3 Å². The molecule has 0 aliphatic heterocycles. The Morgan fingerprint density at radius 1 is 1.14 bits per heavy atom. The van der Waals surface area contributed by atoms with E-state index in [9.17, 15) is 5.11 Å². The summed E-state index contributed by atoms with van der Waals surface area (Å²) in [4.78, 5) is 4.54. The van der Waals surface area contributed by atoms with Crippen molar-refractivity contribution in [1.29, 1.82) is 0 Å². The van der Waals surface area contributed by atoms with Crippen LogP contribution in [0.2, 0.25) is 0 Å². The second kappa shape index (κ2) is 5.09. The van der Waals surface area contributed by atoms with Crippen molar-refractivity contribution in [3.63, 3.8) is 0 Å². The van der Waals surface area contributed by atoms with Crippen LogP contribution >= 0.6 is 0 Å². The molecule has 0 saturated heterocycles. The molecule has 1 aromatic heterocycles. The maximum Gasteiger partial charge on any atom is 0.230 e. The monoisotopic (exact) mass is 299 g/mol. The summed E-state index contributed by atoms with van der Waals surface area (Å²) in [6, 6.07) is 7.27. The minimum absolute atomic E-state index is 0.240. The molecule has 5 heteroatoms. The number of nitrogens with zero attached hydrogens (tertiary/aromatic N) is 2. The van der Waals surface area contributed by atoms with E-state index in [1.54, 1.807) is 24.3 Å². The van der Waals surface area contributed by atoms with Crippen molar-refractivity contribution in [1.82, 2.24) is 10.1 Å². The van der Waals surface area contributed by atoms with E-state index in [-0.39, 0.29) is 5.75 Å². The largest absolute Gasteiger partial charge is 0.508 e. The van der Waals surface area contributed by atoms with Gasteiger partial charge < -0.3 is 15.4 Å². The van der Waals surface area contributed by atoms with Crippen molar-refractivity contribution >= 4 is 0 Å². The molecule has 2 aliphatic rings. The lowest BCUT2D eigenvalue weighted by atomic mass is 9.55. The Kier molecular flexibility index (Phi) is 3.18. The van der Waals surface area contributed by atoms with Gasteiger partial charge in [0.05, 0.1) is 0 Å². The maximum absolute atomic E-state index is 9.33. The van der Waals surface area contributed by atoms with E-state index < -0.39 is 0 Å². The van der Waals surface area contributed by atoms with Gasteiger partial charge in [-0.3, -0.25) is 0 Å². The molecular weight excluding hydrogens is 278 g/mol. The van der Waals surface area contributed by atoms with E-state index in [4.69, 9.17) is 10.3 Å². The second-order valence-electron chi connectivity index (χ2n) is 6.95. The molecule has 22 heavy (non-hydrogen) atoms. The van der Waals surface area contributed by atoms with Crippen molar-refractivity contribution in [2.45, 2.75) is 50.5 Å². The van der Waals surface area contributed by atoms with Crippen LogP contribution in [0.5, 0.6) is 5.75 Å². The summed E-state index contributed by atoms with van der Waals surface area (Å²) in [7, 11) is 0. The van der Waals surface area contributed by atoms with Crippen LogP contribution in [-0.2, 0) is 0 Å². The van der Waals surface area contributed by atoms with E-state index >= 15 is 0 Å². The third-order valence-electron chi connectivity index (χ3n) is 5.37. The summed E-state index contributed by atoms with van der Waals surface area (Å²) in [6.45, 7) is 0. The van der Waals surface area contributed by atoms with Crippen molar-refractivity contribution < 1.29 is 9.63 Å². The van der Waals surface area contributed by atoms with Gasteiger partial charge >= 0.3 is 0 Å². The molecule has 0 amide bonds. The number of phenolic OH excluding ortho intramolecular Hbond substituents is 1. The van der Waals surface area contributed by atoms with Crippen molar-refractivity contribution in [3.8, 4) is 17.1 Å². The molecule has 2 aliphatic carbocycles. The number of phenols is 1. The zero-order valence-corrected chi connectivity index (χ0v) is 12.5. The first-order valence-electron chi connectivity index (χ1n) is 8.02. The predicted octanol–water partition coefficient (Wildman–Crippen LogP) is 3.21. The van der Waals surface area contributed by atoms with E-state index in [2.05, 4.69) is 10.1 Å². The van der Waals surface area contributed by atoms with Gasteiger partial charge in [-0.05, 0) is 68.2 Å². The Morgan fingerprint density at radius 3 is 2.50 bits per heavy atom. The van der Waals surface area contributed by atoms with Crippen LogP contribution < -0.4 is 5.73 Å². The lowest BCUT2D eigenvalue weighted by Gasteiger charge is -2.50. The Balaban J connectivity index is 1.44. The van der Waals surface area contributed by atoms with Gasteiger partial charge in [0.2, 0.25) is 11.7 Å². The molecular formula is C17H21N3O2. The van der Waals surface area contributed by atoms with Gasteiger partial charge in [0, 0.05) is 17.5 Å². The summed E-state index contributed by atoms with van der Waals surface area (Å²) >= 11 is 0. The van der Waals surface area contributed by atoms with Crippen molar-refractivity contribution in [2.75, 3.05) is 0 Å². The fraction of sp³-hybridized carbons (Fsp3) is 0.529. The van der Waals surface area contributed by atoms with Gasteiger partial charge in [0.15, 0.2) is 0 Å². The first-order chi connectivity index (χ1) is 10.6. The van der Waals surface area contributed by atoms with Crippen LogP contribution in [-0.4, -0.2) is 21.3 Å². The van der Waals surface area contributed by atoms with E-state index in [0.29, 0.717) is 23.2 Å². The quantitative estimate of drug-likeness (QED) is 0.889. The second-order valence-corrected chi connectivity index (χ2v) is 6.95. The first kappa shape index (κ1) is 13.8. The standard InChI is InChI=1S/C17H21N3O2/c18-13-5-7-17(8-6-13)9-12(10-17)16-19-15(20-22-16)11-1-3-14(21)4-2-11/h1-4,12-13,21H,5-10,18H2. The van der Waals surface area contributed by atoms with Crippen LogP contribution in [0.3, 0.4) is 0 Å². The van der Waals surface area contributed by atoms with Crippen LogP contribution in [0.25, 0.3) is 11.4 Å². The Hall–Kier alpha value is -1.88. The highest BCUT2D eigenvalue weighted by Gasteiger charge is 2.48. The van der Waals surface area contributed by atoms with Crippen LogP contribution in [0, 0.1) is 5.41 Å². The highest BCUT2D eigenvalue weighted by Crippen LogP contribution is 2.58. The summed E-state index contributed by atoms with van der Waals surface area (Å²) in [5, 5.41) is 13.4. The molecule has 4 rings (SSSR count). The average Bonchev–Trinajstić information content (AvgIpc) is 2.96. The minimum atomic E-state index is 0.240. The molecule has 0 bridgehead atoms. The molecule has 116 valence electrons. The molecule has 2 aromatic rings. The van der Waals surface area contributed by atoms with Crippen molar-refractivity contribution in [2.24, 2.45) is 11.1 Å². The summed E-state index contributed by atoms with van der Waals surface area (Å²) in [5.41, 5.74) is 7.35.